The normalized spacial score (nSPS) is 14.2. The van der Waals surface area contributed by atoms with Crippen molar-refractivity contribution in [2.24, 2.45) is 0 Å². The second kappa shape index (κ2) is 9.95. The van der Waals surface area contributed by atoms with Crippen LogP contribution in [0.15, 0.2) is 54.9 Å². The van der Waals surface area contributed by atoms with Gasteiger partial charge in [-0.2, -0.15) is 0 Å². The van der Waals surface area contributed by atoms with Crippen molar-refractivity contribution >= 4 is 35.2 Å². The van der Waals surface area contributed by atoms with Gasteiger partial charge in [-0.25, -0.2) is 15.0 Å². The third-order valence-electron chi connectivity index (χ3n) is 5.45. The number of fused-ring (bicyclic) bond motifs is 1. The van der Waals surface area contributed by atoms with E-state index >= 15 is 0 Å². The second-order valence-corrected chi connectivity index (χ2v) is 7.61. The lowest BCUT2D eigenvalue weighted by atomic mass is 10.1. The summed E-state index contributed by atoms with van der Waals surface area (Å²) in [7, 11) is 1.61. The molecule has 1 aliphatic rings. The first-order chi connectivity index (χ1) is 15.3. The lowest BCUT2D eigenvalue weighted by molar-refractivity contribution is 0.233. The number of aromatic nitrogens is 4. The quantitative estimate of drug-likeness (QED) is 0.412. The highest BCUT2D eigenvalue weighted by molar-refractivity contribution is 5.85. The average Bonchev–Trinajstić information content (AvgIpc) is 3.21. The van der Waals surface area contributed by atoms with Gasteiger partial charge in [0.2, 0.25) is 11.8 Å². The van der Waals surface area contributed by atoms with E-state index < -0.39 is 0 Å². The Kier molecular flexibility index (Phi) is 6.84. The maximum absolute atomic E-state index is 5.14. The predicted molar refractivity (Wildman–Crippen MR) is 129 cm³/mol. The SMILES string of the molecule is COc1ccc(-c2ccc3nc(Nc4cc(CN5CCNCC5)ccn4)[nH]c3c2)cn1.Cl. The molecular formula is C23H26ClN7O. The molecule has 1 fully saturated rings. The van der Waals surface area contributed by atoms with Gasteiger partial charge < -0.3 is 20.4 Å². The summed E-state index contributed by atoms with van der Waals surface area (Å²) in [6, 6.07) is 14.1. The Morgan fingerprint density at radius 2 is 1.88 bits per heavy atom. The third-order valence-corrected chi connectivity index (χ3v) is 5.45. The summed E-state index contributed by atoms with van der Waals surface area (Å²) in [6.45, 7) is 5.16. The van der Waals surface area contributed by atoms with Crippen LogP contribution < -0.4 is 15.4 Å². The molecule has 166 valence electrons. The zero-order valence-electron chi connectivity index (χ0n) is 17.8. The highest BCUT2D eigenvalue weighted by Crippen LogP contribution is 2.25. The molecule has 0 bridgehead atoms. The summed E-state index contributed by atoms with van der Waals surface area (Å²) in [5, 5.41) is 6.70. The Bertz CT molecular complexity index is 1170. The van der Waals surface area contributed by atoms with Gasteiger partial charge in [-0.05, 0) is 41.5 Å². The molecule has 32 heavy (non-hydrogen) atoms. The molecule has 3 aromatic heterocycles. The smallest absolute Gasteiger partial charge is 0.212 e. The van der Waals surface area contributed by atoms with Crippen molar-refractivity contribution in [2.45, 2.75) is 6.54 Å². The molecule has 4 heterocycles. The largest absolute Gasteiger partial charge is 0.481 e. The fourth-order valence-electron chi connectivity index (χ4n) is 3.81. The van der Waals surface area contributed by atoms with Crippen molar-refractivity contribution in [1.82, 2.24) is 30.2 Å². The molecule has 0 spiro atoms. The molecule has 3 N–H and O–H groups in total. The Morgan fingerprint density at radius 3 is 2.66 bits per heavy atom. The second-order valence-electron chi connectivity index (χ2n) is 7.61. The van der Waals surface area contributed by atoms with Gasteiger partial charge in [-0.3, -0.25) is 4.90 Å². The molecule has 1 aromatic carbocycles. The average molecular weight is 452 g/mol. The molecule has 4 aromatic rings. The zero-order valence-corrected chi connectivity index (χ0v) is 18.7. The minimum atomic E-state index is 0. The number of nitrogens with zero attached hydrogens (tertiary/aromatic N) is 4. The van der Waals surface area contributed by atoms with Gasteiger partial charge in [0.05, 0.1) is 18.1 Å². The van der Waals surface area contributed by atoms with Gasteiger partial charge in [0.15, 0.2) is 0 Å². The molecule has 0 amide bonds. The Labute approximate surface area is 192 Å². The fourth-order valence-corrected chi connectivity index (χ4v) is 3.81. The van der Waals surface area contributed by atoms with Crippen molar-refractivity contribution in [3.05, 3.63) is 60.4 Å². The third kappa shape index (κ3) is 4.99. The van der Waals surface area contributed by atoms with Crippen LogP contribution in [-0.4, -0.2) is 58.1 Å². The predicted octanol–water partition coefficient (Wildman–Crippen LogP) is 3.60. The number of anilines is 2. The number of hydrogen-bond donors (Lipinski definition) is 3. The van der Waals surface area contributed by atoms with E-state index in [4.69, 9.17) is 4.74 Å². The maximum atomic E-state index is 5.14. The van der Waals surface area contributed by atoms with Crippen molar-refractivity contribution < 1.29 is 4.74 Å². The van der Waals surface area contributed by atoms with Gasteiger partial charge in [0.25, 0.3) is 0 Å². The number of imidazole rings is 1. The number of nitrogens with one attached hydrogen (secondary N) is 3. The van der Waals surface area contributed by atoms with E-state index in [0.29, 0.717) is 11.8 Å². The van der Waals surface area contributed by atoms with Crippen LogP contribution >= 0.6 is 12.4 Å². The Morgan fingerprint density at radius 1 is 1.03 bits per heavy atom. The molecule has 0 radical (unpaired) electrons. The number of H-pyrrole nitrogens is 1. The highest BCUT2D eigenvalue weighted by atomic mass is 35.5. The number of halogens is 1. The van der Waals surface area contributed by atoms with Crippen LogP contribution in [0.25, 0.3) is 22.2 Å². The first-order valence-electron chi connectivity index (χ1n) is 10.4. The molecule has 5 rings (SSSR count). The number of ether oxygens (including phenoxy) is 1. The molecule has 0 unspecified atom stereocenters. The van der Waals surface area contributed by atoms with E-state index in [1.54, 1.807) is 7.11 Å². The summed E-state index contributed by atoms with van der Waals surface area (Å²) in [6.07, 6.45) is 3.65. The molecule has 8 nitrogen and oxygen atoms in total. The number of hydrogen-bond acceptors (Lipinski definition) is 7. The van der Waals surface area contributed by atoms with Crippen molar-refractivity contribution in [2.75, 3.05) is 38.6 Å². The number of methoxy groups -OCH3 is 1. The van der Waals surface area contributed by atoms with Crippen LogP contribution in [0.5, 0.6) is 5.88 Å². The summed E-state index contributed by atoms with van der Waals surface area (Å²) >= 11 is 0. The van der Waals surface area contributed by atoms with E-state index in [9.17, 15) is 0 Å². The molecule has 1 aliphatic heterocycles. The van der Waals surface area contributed by atoms with Crippen LogP contribution in [0.1, 0.15) is 5.56 Å². The van der Waals surface area contributed by atoms with Gasteiger partial charge in [0, 0.05) is 56.7 Å². The van der Waals surface area contributed by atoms with E-state index in [1.807, 2.05) is 36.7 Å². The van der Waals surface area contributed by atoms with Gasteiger partial charge in [-0.15, -0.1) is 12.4 Å². The van der Waals surface area contributed by atoms with E-state index in [0.717, 1.165) is 60.7 Å². The van der Waals surface area contributed by atoms with E-state index in [2.05, 4.69) is 53.7 Å². The van der Waals surface area contributed by atoms with Crippen molar-refractivity contribution in [1.29, 1.82) is 0 Å². The molecule has 0 aliphatic carbocycles. The van der Waals surface area contributed by atoms with Crippen LogP contribution in [0.4, 0.5) is 11.8 Å². The lowest BCUT2D eigenvalue weighted by Gasteiger charge is -2.27. The molecule has 9 heteroatoms. The first kappa shape index (κ1) is 22.0. The highest BCUT2D eigenvalue weighted by Gasteiger charge is 2.11. The zero-order chi connectivity index (χ0) is 21.0. The summed E-state index contributed by atoms with van der Waals surface area (Å²) in [5.41, 5.74) is 5.17. The minimum Gasteiger partial charge on any atom is -0.481 e. The van der Waals surface area contributed by atoms with Crippen LogP contribution in [-0.2, 0) is 6.54 Å². The number of benzene rings is 1. The topological polar surface area (TPSA) is 91.0 Å². The standard InChI is InChI=1S/C23H25N7O.ClH/c1-31-22-5-3-18(14-26-22)17-2-4-19-20(13-17)28-23(27-19)29-21-12-16(6-7-25-21)15-30-10-8-24-9-11-30;/h2-7,12-14,24H,8-11,15H2,1H3,(H2,25,27,28,29);1H. The van der Waals surface area contributed by atoms with Gasteiger partial charge in [0.1, 0.15) is 5.82 Å². The summed E-state index contributed by atoms with van der Waals surface area (Å²) in [4.78, 5) is 19.2. The number of piperazine rings is 1. The van der Waals surface area contributed by atoms with Gasteiger partial charge >= 0.3 is 0 Å². The number of rotatable bonds is 6. The van der Waals surface area contributed by atoms with Crippen LogP contribution in [0, 0.1) is 0 Å². The lowest BCUT2D eigenvalue weighted by Crippen LogP contribution is -2.42. The fraction of sp³-hybridized carbons (Fsp3) is 0.261. The Hall–Kier alpha value is -3.20. The van der Waals surface area contributed by atoms with Crippen LogP contribution in [0.3, 0.4) is 0 Å². The van der Waals surface area contributed by atoms with E-state index in [1.165, 1.54) is 5.56 Å². The Balaban J connectivity index is 0.00000245. The molecule has 1 saturated heterocycles. The van der Waals surface area contributed by atoms with Crippen molar-refractivity contribution in [3.8, 4) is 17.0 Å². The van der Waals surface area contributed by atoms with E-state index in [-0.39, 0.29) is 12.4 Å². The van der Waals surface area contributed by atoms with Crippen molar-refractivity contribution in [3.63, 3.8) is 0 Å². The molecule has 0 saturated carbocycles. The summed E-state index contributed by atoms with van der Waals surface area (Å²) < 4.78 is 5.14. The molecule has 0 atom stereocenters. The first-order valence-corrected chi connectivity index (χ1v) is 10.4. The number of pyridine rings is 2. The van der Waals surface area contributed by atoms with Gasteiger partial charge in [-0.1, -0.05) is 6.07 Å². The maximum Gasteiger partial charge on any atom is 0.212 e. The number of aromatic amines is 1. The van der Waals surface area contributed by atoms with Crippen LogP contribution in [0.2, 0.25) is 0 Å². The monoisotopic (exact) mass is 451 g/mol. The summed E-state index contributed by atoms with van der Waals surface area (Å²) in [5.74, 6) is 2.06. The minimum absolute atomic E-state index is 0. The molecular weight excluding hydrogens is 426 g/mol.